The van der Waals surface area contributed by atoms with Gasteiger partial charge in [-0.1, -0.05) is 52.0 Å². The summed E-state index contributed by atoms with van der Waals surface area (Å²) < 4.78 is 13.0. The number of benzene rings is 2. The van der Waals surface area contributed by atoms with E-state index in [1.807, 2.05) is 31.2 Å². The van der Waals surface area contributed by atoms with Crippen molar-refractivity contribution in [3.8, 4) is 6.07 Å². The Balaban J connectivity index is 1.54. The quantitative estimate of drug-likeness (QED) is 0.429. The predicted octanol–water partition coefficient (Wildman–Crippen LogP) is 4.91. The fourth-order valence-corrected chi connectivity index (χ4v) is 7.53. The second-order valence-corrected chi connectivity index (χ2v) is 17.1. The second kappa shape index (κ2) is 8.47. The summed E-state index contributed by atoms with van der Waals surface area (Å²) in [6.07, 6.45) is 0.354. The van der Waals surface area contributed by atoms with Crippen LogP contribution in [-0.4, -0.2) is 49.2 Å². The Kier molecular flexibility index (Phi) is 5.96. The molecule has 2 aromatic carbocycles. The lowest BCUT2D eigenvalue weighted by atomic mass is 9.64. The van der Waals surface area contributed by atoms with Gasteiger partial charge < -0.3 is 14.3 Å². The van der Waals surface area contributed by atoms with Crippen LogP contribution in [0.3, 0.4) is 0 Å². The van der Waals surface area contributed by atoms with Crippen molar-refractivity contribution in [2.24, 2.45) is 11.8 Å². The fourth-order valence-electron chi connectivity index (χ4n) is 6.49. The van der Waals surface area contributed by atoms with Crippen LogP contribution in [-0.2, 0) is 18.8 Å². The van der Waals surface area contributed by atoms with Crippen molar-refractivity contribution >= 4 is 36.6 Å². The number of aliphatic hydroxyl groups is 1. The van der Waals surface area contributed by atoms with Crippen LogP contribution in [0.1, 0.15) is 52.5 Å². The third kappa shape index (κ3) is 3.55. The number of fused-ring (bicyclic) bond motifs is 6. The molecule has 5 atom stereocenters. The maximum Gasteiger partial charge on any atom is 0.240 e. The summed E-state index contributed by atoms with van der Waals surface area (Å²) in [5.74, 6) is -2.06. The number of nitrogens with zero attached hydrogens (tertiary/aromatic N) is 2. The average molecular weight is 521 g/mol. The van der Waals surface area contributed by atoms with Gasteiger partial charge >= 0.3 is 0 Å². The van der Waals surface area contributed by atoms with Crippen LogP contribution in [0.25, 0.3) is 10.8 Å². The van der Waals surface area contributed by atoms with Crippen molar-refractivity contribution < 1.29 is 23.9 Å². The van der Waals surface area contributed by atoms with Crippen molar-refractivity contribution in [2.75, 3.05) is 11.5 Å². The number of hydrogen-bond acceptors (Lipinski definition) is 6. The highest BCUT2D eigenvalue weighted by Crippen LogP contribution is 2.63. The topological polar surface area (TPSA) is 99.9 Å². The first-order valence-corrected chi connectivity index (χ1v) is 16.1. The molecule has 5 rings (SSSR count). The van der Waals surface area contributed by atoms with Crippen LogP contribution in [0.2, 0.25) is 18.1 Å². The summed E-state index contributed by atoms with van der Waals surface area (Å²) in [4.78, 5) is 29.4. The SMILES string of the molecule is CC[C@]12O[C@](CCO[Si](C)(C)C(C)(C)C)(C[C@@H]1O)[C@H]1C(=O)N(c3ccc(C#N)c4ccccc34)C(=O)[C@H]12. The molecule has 2 amide bonds. The van der Waals surface area contributed by atoms with Crippen LogP contribution in [0, 0.1) is 23.2 Å². The van der Waals surface area contributed by atoms with Gasteiger partial charge in [-0.2, -0.15) is 5.26 Å². The maximum atomic E-state index is 14.1. The average Bonchev–Trinajstić information content (AvgIpc) is 3.40. The predicted molar refractivity (Wildman–Crippen MR) is 143 cm³/mol. The van der Waals surface area contributed by atoms with Gasteiger partial charge in [-0.3, -0.25) is 9.59 Å². The minimum absolute atomic E-state index is 0.0404. The van der Waals surface area contributed by atoms with Gasteiger partial charge in [0.05, 0.1) is 40.9 Å². The Morgan fingerprint density at radius 1 is 1.14 bits per heavy atom. The van der Waals surface area contributed by atoms with Crippen LogP contribution in [0.15, 0.2) is 36.4 Å². The van der Waals surface area contributed by atoms with Crippen LogP contribution in [0.4, 0.5) is 5.69 Å². The van der Waals surface area contributed by atoms with E-state index in [0.717, 1.165) is 0 Å². The van der Waals surface area contributed by atoms with E-state index in [1.165, 1.54) is 4.90 Å². The molecule has 2 aromatic rings. The minimum Gasteiger partial charge on any atom is -0.417 e. The van der Waals surface area contributed by atoms with Crippen molar-refractivity contribution in [1.82, 2.24) is 0 Å². The third-order valence-electron chi connectivity index (χ3n) is 9.50. The molecule has 37 heavy (non-hydrogen) atoms. The van der Waals surface area contributed by atoms with Crippen LogP contribution in [0.5, 0.6) is 0 Å². The molecule has 0 spiro atoms. The van der Waals surface area contributed by atoms with Gasteiger partial charge in [0.1, 0.15) is 5.60 Å². The van der Waals surface area contributed by atoms with E-state index in [0.29, 0.717) is 47.9 Å². The first-order chi connectivity index (χ1) is 17.3. The van der Waals surface area contributed by atoms with Crippen molar-refractivity contribution in [3.63, 3.8) is 0 Å². The number of amides is 2. The number of carbonyl (C=O) groups excluding carboxylic acids is 2. The molecule has 3 fully saturated rings. The molecule has 2 bridgehead atoms. The normalized spacial score (nSPS) is 31.3. The van der Waals surface area contributed by atoms with Gasteiger partial charge in [0.25, 0.3) is 0 Å². The second-order valence-electron chi connectivity index (χ2n) is 12.3. The van der Waals surface area contributed by atoms with Gasteiger partial charge in [0, 0.05) is 23.8 Å². The van der Waals surface area contributed by atoms with E-state index >= 15 is 0 Å². The number of imide groups is 1. The molecule has 3 aliphatic heterocycles. The Morgan fingerprint density at radius 2 is 1.78 bits per heavy atom. The molecule has 0 aliphatic carbocycles. The Bertz CT molecular complexity index is 1330. The maximum absolute atomic E-state index is 14.1. The van der Waals surface area contributed by atoms with Gasteiger partial charge in [-0.15, -0.1) is 0 Å². The first-order valence-electron chi connectivity index (χ1n) is 13.2. The Hall–Kier alpha value is -2.57. The number of rotatable bonds is 6. The molecule has 196 valence electrons. The first kappa shape index (κ1) is 26.1. The summed E-state index contributed by atoms with van der Waals surface area (Å²) in [5.41, 5.74) is -1.08. The molecule has 0 saturated carbocycles. The van der Waals surface area contributed by atoms with Gasteiger partial charge in [0.15, 0.2) is 8.32 Å². The number of nitriles is 1. The minimum atomic E-state index is -2.03. The molecule has 7 nitrogen and oxygen atoms in total. The van der Waals surface area contributed by atoms with Crippen molar-refractivity contribution in [3.05, 3.63) is 42.0 Å². The highest BCUT2D eigenvalue weighted by Gasteiger charge is 2.77. The van der Waals surface area contributed by atoms with Crippen molar-refractivity contribution in [1.29, 1.82) is 5.26 Å². The number of carbonyl (C=O) groups is 2. The molecule has 3 aliphatic rings. The van der Waals surface area contributed by atoms with Crippen LogP contribution >= 0.6 is 0 Å². The molecule has 0 radical (unpaired) electrons. The van der Waals surface area contributed by atoms with E-state index in [9.17, 15) is 20.0 Å². The number of aliphatic hydroxyl groups excluding tert-OH is 1. The Morgan fingerprint density at radius 3 is 2.41 bits per heavy atom. The van der Waals surface area contributed by atoms with E-state index in [4.69, 9.17) is 9.16 Å². The zero-order chi connectivity index (χ0) is 27.0. The molecule has 8 heteroatoms. The molecular formula is C29H36N2O5Si. The number of anilines is 1. The van der Waals surface area contributed by atoms with Crippen LogP contribution < -0.4 is 4.90 Å². The number of hydrogen-bond donors (Lipinski definition) is 1. The lowest BCUT2D eigenvalue weighted by molar-refractivity contribution is -0.137. The highest BCUT2D eigenvalue weighted by molar-refractivity contribution is 6.74. The van der Waals surface area contributed by atoms with Crippen molar-refractivity contribution in [2.45, 2.75) is 82.4 Å². The largest absolute Gasteiger partial charge is 0.417 e. The van der Waals surface area contributed by atoms with Gasteiger partial charge in [-0.25, -0.2) is 4.90 Å². The molecule has 3 saturated heterocycles. The summed E-state index contributed by atoms with van der Waals surface area (Å²) >= 11 is 0. The molecule has 1 N–H and O–H groups in total. The zero-order valence-electron chi connectivity index (χ0n) is 22.5. The molecule has 3 heterocycles. The highest BCUT2D eigenvalue weighted by atomic mass is 28.4. The molecule has 0 aromatic heterocycles. The van der Waals surface area contributed by atoms with Gasteiger partial charge in [-0.05, 0) is 43.1 Å². The monoisotopic (exact) mass is 520 g/mol. The third-order valence-corrected chi connectivity index (χ3v) is 14.0. The molecular weight excluding hydrogens is 484 g/mol. The summed E-state index contributed by atoms with van der Waals surface area (Å²) in [6.45, 7) is 13.2. The van der Waals surface area contributed by atoms with E-state index in [2.05, 4.69) is 39.9 Å². The molecule has 0 unspecified atom stereocenters. The smallest absolute Gasteiger partial charge is 0.240 e. The van der Waals surface area contributed by atoms with Gasteiger partial charge in [0.2, 0.25) is 11.8 Å². The van der Waals surface area contributed by atoms with E-state index < -0.39 is 37.5 Å². The summed E-state index contributed by atoms with van der Waals surface area (Å²) in [5, 5.41) is 22.2. The number of ether oxygens (including phenoxy) is 1. The van der Waals surface area contributed by atoms with E-state index in [-0.39, 0.29) is 16.9 Å². The lowest BCUT2D eigenvalue weighted by Crippen LogP contribution is -2.51. The zero-order valence-corrected chi connectivity index (χ0v) is 23.5. The van der Waals surface area contributed by atoms with E-state index in [1.54, 1.807) is 12.1 Å². The standard InChI is InChI=1S/C29H36N2O5Si/c1-7-29-22(32)16-28(36-29,14-15-35-37(5,6)27(2,3)4)23-24(29)26(34)31(25(23)33)21-13-12-18(17-30)19-10-8-9-11-20(19)21/h8-13,22-24,32H,7,14-16H2,1-6H3/t22-,23+,24-,28+,29-/m0/s1. The lowest BCUT2D eigenvalue weighted by Gasteiger charge is -2.38. The fraction of sp³-hybridized carbons (Fsp3) is 0.552. The Labute approximate surface area is 219 Å². The summed E-state index contributed by atoms with van der Waals surface area (Å²) in [6, 6.07) is 12.9. The summed E-state index contributed by atoms with van der Waals surface area (Å²) in [7, 11) is -2.03.